The van der Waals surface area contributed by atoms with Crippen LogP contribution in [0.25, 0.3) is 0 Å². The Morgan fingerprint density at radius 2 is 1.92 bits per heavy atom. The van der Waals surface area contributed by atoms with Crippen molar-refractivity contribution in [2.75, 3.05) is 20.2 Å². The molecule has 140 valence electrons. The van der Waals surface area contributed by atoms with Crippen molar-refractivity contribution in [3.05, 3.63) is 35.4 Å². The van der Waals surface area contributed by atoms with Crippen molar-refractivity contribution in [3.63, 3.8) is 0 Å². The fourth-order valence-electron chi connectivity index (χ4n) is 4.23. The molecule has 0 aromatic heterocycles. The fraction of sp³-hybridized carbons (Fsp3) is 0.650. The number of guanidine groups is 1. The molecule has 1 saturated carbocycles. The second-order valence-electron chi connectivity index (χ2n) is 7.61. The number of nitrogens with one attached hydrogen (secondary N) is 2. The van der Waals surface area contributed by atoms with Gasteiger partial charge in [0, 0.05) is 37.6 Å². The first-order valence-corrected chi connectivity index (χ1v) is 9.23. The lowest BCUT2D eigenvalue weighted by Gasteiger charge is -2.54. The molecular weight excluding hydrogens is 425 g/mol. The maximum atomic E-state index is 5.87. The molecule has 0 spiro atoms. The number of ether oxygens (including phenoxy) is 1. The molecule has 3 atom stereocenters. The highest BCUT2D eigenvalue weighted by Crippen LogP contribution is 2.52. The maximum Gasteiger partial charge on any atom is 0.191 e. The Bertz CT molecular complexity index is 585. The van der Waals surface area contributed by atoms with Crippen molar-refractivity contribution in [1.29, 1.82) is 0 Å². The predicted molar refractivity (Wildman–Crippen MR) is 115 cm³/mol. The molecule has 1 saturated heterocycles. The quantitative estimate of drug-likeness (QED) is 0.405. The van der Waals surface area contributed by atoms with Crippen LogP contribution in [0.15, 0.2) is 29.3 Å². The van der Waals surface area contributed by atoms with Gasteiger partial charge in [0.25, 0.3) is 0 Å². The summed E-state index contributed by atoms with van der Waals surface area (Å²) in [5, 5.41) is 7.09. The van der Waals surface area contributed by atoms with Gasteiger partial charge >= 0.3 is 0 Å². The molecule has 1 aromatic rings. The number of hydrogen-bond donors (Lipinski definition) is 2. The molecule has 1 aliphatic heterocycles. The van der Waals surface area contributed by atoms with E-state index in [0.29, 0.717) is 18.1 Å². The summed E-state index contributed by atoms with van der Waals surface area (Å²) in [6.45, 7) is 8.56. The Morgan fingerprint density at radius 1 is 1.24 bits per heavy atom. The first kappa shape index (κ1) is 20.5. The Hall–Kier alpha value is -0.820. The molecule has 1 heterocycles. The van der Waals surface area contributed by atoms with E-state index < -0.39 is 0 Å². The topological polar surface area (TPSA) is 45.7 Å². The van der Waals surface area contributed by atoms with E-state index in [2.05, 4.69) is 60.7 Å². The molecule has 2 N–H and O–H groups in total. The molecule has 4 nitrogen and oxygen atoms in total. The van der Waals surface area contributed by atoms with Gasteiger partial charge < -0.3 is 15.4 Å². The van der Waals surface area contributed by atoms with E-state index >= 15 is 0 Å². The lowest BCUT2D eigenvalue weighted by molar-refractivity contribution is -0.106. The van der Waals surface area contributed by atoms with Gasteiger partial charge in [-0.15, -0.1) is 24.0 Å². The van der Waals surface area contributed by atoms with Gasteiger partial charge in [-0.3, -0.25) is 4.99 Å². The van der Waals surface area contributed by atoms with Crippen LogP contribution in [0.5, 0.6) is 0 Å². The van der Waals surface area contributed by atoms with Crippen molar-refractivity contribution in [3.8, 4) is 0 Å². The highest BCUT2D eigenvalue weighted by molar-refractivity contribution is 14.0. The Balaban J connectivity index is 0.00000225. The molecule has 2 aliphatic rings. The van der Waals surface area contributed by atoms with E-state index in [1.807, 2.05) is 7.05 Å². The third-order valence-corrected chi connectivity index (χ3v) is 5.75. The minimum atomic E-state index is 0. The predicted octanol–water partition coefficient (Wildman–Crippen LogP) is 3.39. The summed E-state index contributed by atoms with van der Waals surface area (Å²) in [6, 6.07) is 9.34. The molecule has 25 heavy (non-hydrogen) atoms. The van der Waals surface area contributed by atoms with Crippen molar-refractivity contribution in [2.24, 2.45) is 16.3 Å². The van der Waals surface area contributed by atoms with Gasteiger partial charge in [0.05, 0.1) is 6.10 Å². The van der Waals surface area contributed by atoms with Gasteiger partial charge in [0.2, 0.25) is 0 Å². The average Bonchev–Trinajstić information content (AvgIpc) is 3.05. The van der Waals surface area contributed by atoms with Gasteiger partial charge in [0.1, 0.15) is 0 Å². The first-order valence-electron chi connectivity index (χ1n) is 9.23. The largest absolute Gasteiger partial charge is 0.377 e. The molecule has 3 unspecified atom stereocenters. The normalized spacial score (nSPS) is 27.0. The van der Waals surface area contributed by atoms with Crippen molar-refractivity contribution in [2.45, 2.75) is 52.2 Å². The molecule has 3 rings (SSSR count). The number of halogens is 1. The van der Waals surface area contributed by atoms with Crippen LogP contribution in [-0.2, 0) is 17.6 Å². The summed E-state index contributed by atoms with van der Waals surface area (Å²) < 4.78 is 5.87. The minimum Gasteiger partial charge on any atom is -0.377 e. The Morgan fingerprint density at radius 3 is 2.56 bits per heavy atom. The maximum absolute atomic E-state index is 5.87. The SMILES string of the molecule is CCc1ccc(CCNC(=NC)NC2C3CCOC3C2(C)C)cc1.I. The number of hydrogen-bond acceptors (Lipinski definition) is 2. The average molecular weight is 457 g/mol. The monoisotopic (exact) mass is 457 g/mol. The number of aryl methyl sites for hydroxylation is 1. The zero-order valence-corrected chi connectivity index (χ0v) is 18.2. The van der Waals surface area contributed by atoms with Crippen LogP contribution in [0.2, 0.25) is 0 Å². The molecule has 1 aromatic carbocycles. The van der Waals surface area contributed by atoms with Gasteiger partial charge in [-0.1, -0.05) is 45.0 Å². The highest BCUT2D eigenvalue weighted by atomic mass is 127. The van der Waals surface area contributed by atoms with Crippen LogP contribution in [0.4, 0.5) is 0 Å². The summed E-state index contributed by atoms with van der Waals surface area (Å²) >= 11 is 0. The minimum absolute atomic E-state index is 0. The smallest absolute Gasteiger partial charge is 0.191 e. The van der Waals surface area contributed by atoms with E-state index in [1.54, 1.807) is 0 Å². The number of fused-ring (bicyclic) bond motifs is 1. The molecule has 0 bridgehead atoms. The van der Waals surface area contributed by atoms with E-state index in [9.17, 15) is 0 Å². The Labute approximate surface area is 169 Å². The first-order chi connectivity index (χ1) is 11.6. The van der Waals surface area contributed by atoms with Crippen LogP contribution >= 0.6 is 24.0 Å². The van der Waals surface area contributed by atoms with Gasteiger partial charge in [0.15, 0.2) is 5.96 Å². The van der Waals surface area contributed by atoms with Crippen molar-refractivity contribution < 1.29 is 4.74 Å². The van der Waals surface area contributed by atoms with Gasteiger partial charge in [-0.25, -0.2) is 0 Å². The standard InChI is InChI=1S/C20H31N3O.HI/c1-5-14-6-8-15(9-7-14)10-12-22-19(21-4)23-17-16-11-13-24-18(16)20(17,2)3;/h6-9,16-18H,5,10-13H2,1-4H3,(H2,21,22,23);1H. The molecule has 5 heteroatoms. The zero-order chi connectivity index (χ0) is 17.2. The lowest BCUT2D eigenvalue weighted by atomic mass is 9.57. The number of aliphatic imine (C=N–C) groups is 1. The van der Waals surface area contributed by atoms with Gasteiger partial charge in [-0.2, -0.15) is 0 Å². The number of nitrogens with zero attached hydrogens (tertiary/aromatic N) is 1. The van der Waals surface area contributed by atoms with Crippen LogP contribution in [0.3, 0.4) is 0 Å². The third kappa shape index (κ3) is 4.30. The summed E-state index contributed by atoms with van der Waals surface area (Å²) in [7, 11) is 1.85. The van der Waals surface area contributed by atoms with Crippen LogP contribution in [-0.4, -0.2) is 38.3 Å². The summed E-state index contributed by atoms with van der Waals surface area (Å²) in [5.74, 6) is 1.53. The number of rotatable bonds is 5. The van der Waals surface area contributed by atoms with Crippen LogP contribution in [0, 0.1) is 11.3 Å². The van der Waals surface area contributed by atoms with E-state index in [4.69, 9.17) is 4.74 Å². The molecule has 1 aliphatic carbocycles. The van der Waals surface area contributed by atoms with E-state index in [0.717, 1.165) is 38.4 Å². The zero-order valence-electron chi connectivity index (χ0n) is 15.8. The van der Waals surface area contributed by atoms with Crippen LogP contribution in [0.1, 0.15) is 38.3 Å². The molecular formula is C20H32IN3O. The van der Waals surface area contributed by atoms with Crippen molar-refractivity contribution >= 4 is 29.9 Å². The molecule has 0 amide bonds. The van der Waals surface area contributed by atoms with E-state index in [1.165, 1.54) is 11.1 Å². The number of benzene rings is 1. The van der Waals surface area contributed by atoms with Gasteiger partial charge in [-0.05, 0) is 30.4 Å². The molecule has 2 fully saturated rings. The second kappa shape index (κ2) is 8.71. The van der Waals surface area contributed by atoms with E-state index in [-0.39, 0.29) is 29.4 Å². The lowest BCUT2D eigenvalue weighted by Crippen LogP contribution is -2.68. The second-order valence-corrected chi connectivity index (χ2v) is 7.61. The molecule has 0 radical (unpaired) electrons. The summed E-state index contributed by atoms with van der Waals surface area (Å²) in [6.07, 6.45) is 3.67. The summed E-state index contributed by atoms with van der Waals surface area (Å²) in [4.78, 5) is 4.40. The highest BCUT2D eigenvalue weighted by Gasteiger charge is 2.59. The third-order valence-electron chi connectivity index (χ3n) is 5.75. The van der Waals surface area contributed by atoms with Crippen LogP contribution < -0.4 is 10.6 Å². The fourth-order valence-corrected chi connectivity index (χ4v) is 4.23. The summed E-state index contributed by atoms with van der Waals surface area (Å²) in [5.41, 5.74) is 2.93. The van der Waals surface area contributed by atoms with Crippen molar-refractivity contribution in [1.82, 2.24) is 10.6 Å². The Kier molecular flexibility index (Phi) is 7.14.